The van der Waals surface area contributed by atoms with Crippen LogP contribution in [-0.2, 0) is 23.3 Å². The van der Waals surface area contributed by atoms with Crippen molar-refractivity contribution in [1.82, 2.24) is 14.8 Å². The van der Waals surface area contributed by atoms with Gasteiger partial charge in [0.05, 0.1) is 19.1 Å². The summed E-state index contributed by atoms with van der Waals surface area (Å²) in [5.41, 5.74) is 3.45. The predicted octanol–water partition coefficient (Wildman–Crippen LogP) is 3.39. The Bertz CT molecular complexity index is 1170. The molecule has 1 saturated heterocycles. The maximum atomic E-state index is 13.7. The molecule has 1 atom stereocenters. The quantitative estimate of drug-likeness (QED) is 0.626. The third kappa shape index (κ3) is 2.90. The van der Waals surface area contributed by atoms with E-state index in [0.29, 0.717) is 18.7 Å². The highest BCUT2D eigenvalue weighted by atomic mass is 16.5. The lowest BCUT2D eigenvalue weighted by Crippen LogP contribution is -2.52. The fraction of sp³-hybridized carbons (Fsp3) is 0.269. The molecule has 1 unspecified atom stereocenters. The van der Waals surface area contributed by atoms with Crippen LogP contribution in [0.4, 0.5) is 0 Å². The molecule has 6 nitrogen and oxygen atoms in total. The lowest BCUT2D eigenvalue weighted by Gasteiger charge is -2.40. The summed E-state index contributed by atoms with van der Waals surface area (Å²) < 4.78 is 5.23. The topological polar surface area (TPSA) is 62.7 Å². The van der Waals surface area contributed by atoms with Crippen LogP contribution in [0.5, 0.6) is 5.75 Å². The van der Waals surface area contributed by atoms with E-state index < -0.39 is 5.66 Å². The number of hydrogen-bond donors (Lipinski definition) is 0. The van der Waals surface area contributed by atoms with E-state index >= 15 is 0 Å². The Morgan fingerprint density at radius 2 is 1.75 bits per heavy atom. The molecule has 2 aliphatic rings. The Kier molecular flexibility index (Phi) is 4.93. The van der Waals surface area contributed by atoms with Gasteiger partial charge in [0, 0.05) is 36.6 Å². The molecule has 0 aliphatic carbocycles. The number of aromatic nitrogens is 1. The number of carbonyl (C=O) groups is 2. The largest absolute Gasteiger partial charge is 0.497 e. The molecule has 3 heterocycles. The summed E-state index contributed by atoms with van der Waals surface area (Å²) in [7, 11) is 1.62. The van der Waals surface area contributed by atoms with Crippen LogP contribution in [0.15, 0.2) is 67.0 Å². The fourth-order valence-electron chi connectivity index (χ4n) is 4.97. The van der Waals surface area contributed by atoms with E-state index in [2.05, 4.69) is 24.0 Å². The van der Waals surface area contributed by atoms with Crippen molar-refractivity contribution >= 4 is 11.8 Å². The second-order valence-electron chi connectivity index (χ2n) is 8.17. The number of pyridine rings is 1. The molecule has 0 N–H and O–H groups in total. The summed E-state index contributed by atoms with van der Waals surface area (Å²) in [5, 5.41) is 0. The third-order valence-corrected chi connectivity index (χ3v) is 6.58. The van der Waals surface area contributed by atoms with E-state index in [-0.39, 0.29) is 18.2 Å². The Morgan fingerprint density at radius 3 is 2.44 bits per heavy atom. The van der Waals surface area contributed by atoms with Crippen molar-refractivity contribution in [3.63, 3.8) is 0 Å². The third-order valence-electron chi connectivity index (χ3n) is 6.58. The number of hydrogen-bond acceptors (Lipinski definition) is 4. The predicted molar refractivity (Wildman–Crippen MR) is 120 cm³/mol. The van der Waals surface area contributed by atoms with Crippen molar-refractivity contribution in [2.24, 2.45) is 0 Å². The Labute approximate surface area is 187 Å². The molecule has 0 radical (unpaired) electrons. The molecule has 6 heteroatoms. The van der Waals surface area contributed by atoms with Gasteiger partial charge in [-0.3, -0.25) is 14.6 Å². The Hall–Kier alpha value is -3.67. The van der Waals surface area contributed by atoms with Crippen molar-refractivity contribution in [3.8, 4) is 5.75 Å². The molecule has 5 rings (SSSR count). The summed E-state index contributed by atoms with van der Waals surface area (Å²) in [5.74, 6) is 0.672. The van der Waals surface area contributed by atoms with Crippen LogP contribution < -0.4 is 4.74 Å². The molecule has 1 fully saturated rings. The first-order chi connectivity index (χ1) is 15.6. The van der Waals surface area contributed by atoms with Crippen LogP contribution in [0.25, 0.3) is 0 Å². The number of benzene rings is 2. The maximum absolute atomic E-state index is 13.7. The molecule has 32 heavy (non-hydrogen) atoms. The number of aryl methyl sites for hydroxylation is 1. The second kappa shape index (κ2) is 7.79. The standard InChI is InChI=1S/C26H25N3O3/c1-3-18-4-8-20(9-5-18)26-23-17-27-13-12-22(23)25(31)29(26)15-14-28(26)24(30)16-19-6-10-21(32-2)11-7-19/h4-13,17H,3,14-16H2,1-2H3. The Morgan fingerprint density at radius 1 is 1.03 bits per heavy atom. The lowest BCUT2D eigenvalue weighted by atomic mass is 9.90. The van der Waals surface area contributed by atoms with Gasteiger partial charge in [0.2, 0.25) is 5.91 Å². The van der Waals surface area contributed by atoms with Gasteiger partial charge in [-0.15, -0.1) is 0 Å². The first kappa shape index (κ1) is 20.2. The number of amides is 2. The van der Waals surface area contributed by atoms with E-state index in [0.717, 1.165) is 28.9 Å². The average Bonchev–Trinajstić information content (AvgIpc) is 3.35. The minimum Gasteiger partial charge on any atom is -0.497 e. The maximum Gasteiger partial charge on any atom is 0.256 e. The van der Waals surface area contributed by atoms with Crippen LogP contribution in [-0.4, -0.2) is 46.8 Å². The molecule has 2 amide bonds. The first-order valence-electron chi connectivity index (χ1n) is 10.9. The molecule has 0 bridgehead atoms. The smallest absolute Gasteiger partial charge is 0.256 e. The van der Waals surface area contributed by atoms with Gasteiger partial charge in [-0.1, -0.05) is 43.3 Å². The lowest BCUT2D eigenvalue weighted by molar-refractivity contribution is -0.135. The van der Waals surface area contributed by atoms with Gasteiger partial charge < -0.3 is 14.5 Å². The fourth-order valence-corrected chi connectivity index (χ4v) is 4.97. The van der Waals surface area contributed by atoms with E-state index in [1.54, 1.807) is 25.6 Å². The SMILES string of the molecule is CCc1ccc(C23c4cnccc4C(=O)N2CCN3C(=O)Cc2ccc(OC)cc2)cc1. The zero-order chi connectivity index (χ0) is 22.3. The zero-order valence-corrected chi connectivity index (χ0v) is 18.2. The molecular formula is C26H25N3O3. The average molecular weight is 428 g/mol. The van der Waals surface area contributed by atoms with Crippen LogP contribution in [0.1, 0.15) is 39.5 Å². The van der Waals surface area contributed by atoms with Crippen LogP contribution in [0, 0.1) is 0 Å². The van der Waals surface area contributed by atoms with E-state index in [9.17, 15) is 9.59 Å². The number of nitrogens with zero attached hydrogens (tertiary/aromatic N) is 3. The van der Waals surface area contributed by atoms with Crippen molar-refractivity contribution in [2.75, 3.05) is 20.2 Å². The number of carbonyl (C=O) groups excluding carboxylic acids is 2. The number of fused-ring (bicyclic) bond motifs is 3. The van der Waals surface area contributed by atoms with Gasteiger partial charge in [-0.25, -0.2) is 0 Å². The molecule has 2 aliphatic heterocycles. The molecule has 3 aromatic rings. The van der Waals surface area contributed by atoms with E-state index in [1.165, 1.54) is 5.56 Å². The van der Waals surface area contributed by atoms with Crippen LogP contribution in [0.3, 0.4) is 0 Å². The Balaban J connectivity index is 1.60. The van der Waals surface area contributed by atoms with Crippen molar-refractivity contribution in [2.45, 2.75) is 25.4 Å². The van der Waals surface area contributed by atoms with Gasteiger partial charge in [-0.05, 0) is 35.7 Å². The highest BCUT2D eigenvalue weighted by Gasteiger charge is 2.59. The second-order valence-corrected chi connectivity index (χ2v) is 8.17. The number of methoxy groups -OCH3 is 1. The zero-order valence-electron chi connectivity index (χ0n) is 18.2. The summed E-state index contributed by atoms with van der Waals surface area (Å²) in [4.78, 5) is 35.0. The molecular weight excluding hydrogens is 402 g/mol. The molecule has 0 spiro atoms. The monoisotopic (exact) mass is 427 g/mol. The molecule has 2 aromatic carbocycles. The summed E-state index contributed by atoms with van der Waals surface area (Å²) in [6.07, 6.45) is 4.54. The van der Waals surface area contributed by atoms with Gasteiger partial charge in [0.1, 0.15) is 5.75 Å². The highest BCUT2D eigenvalue weighted by molar-refractivity contribution is 6.02. The minimum absolute atomic E-state index is 0.0262. The van der Waals surface area contributed by atoms with Gasteiger partial charge >= 0.3 is 0 Å². The highest BCUT2D eigenvalue weighted by Crippen LogP contribution is 2.49. The van der Waals surface area contributed by atoms with E-state index in [1.807, 2.05) is 46.2 Å². The normalized spacial score (nSPS) is 19.1. The molecule has 162 valence electrons. The minimum atomic E-state index is -0.962. The summed E-state index contributed by atoms with van der Waals surface area (Å²) in [6, 6.07) is 17.5. The summed E-state index contributed by atoms with van der Waals surface area (Å²) in [6.45, 7) is 3.07. The van der Waals surface area contributed by atoms with Crippen molar-refractivity contribution < 1.29 is 14.3 Å². The van der Waals surface area contributed by atoms with Crippen LogP contribution >= 0.6 is 0 Å². The van der Waals surface area contributed by atoms with Crippen molar-refractivity contribution in [3.05, 3.63) is 94.8 Å². The van der Waals surface area contributed by atoms with Crippen molar-refractivity contribution in [1.29, 1.82) is 0 Å². The van der Waals surface area contributed by atoms with Gasteiger partial charge in [-0.2, -0.15) is 0 Å². The first-order valence-corrected chi connectivity index (χ1v) is 10.9. The molecule has 0 saturated carbocycles. The van der Waals surface area contributed by atoms with E-state index in [4.69, 9.17) is 4.74 Å². The number of rotatable bonds is 5. The van der Waals surface area contributed by atoms with Gasteiger partial charge in [0.15, 0.2) is 5.66 Å². The van der Waals surface area contributed by atoms with Crippen LogP contribution in [0.2, 0.25) is 0 Å². The summed E-state index contributed by atoms with van der Waals surface area (Å²) >= 11 is 0. The molecule has 1 aromatic heterocycles. The van der Waals surface area contributed by atoms with Gasteiger partial charge in [0.25, 0.3) is 5.91 Å². The number of ether oxygens (including phenoxy) is 1.